The van der Waals surface area contributed by atoms with Crippen molar-refractivity contribution in [2.45, 2.75) is 20.8 Å². The fourth-order valence-corrected chi connectivity index (χ4v) is 1.74. The van der Waals surface area contributed by atoms with E-state index in [1.54, 1.807) is 38.1 Å². The second kappa shape index (κ2) is 5.56. The van der Waals surface area contributed by atoms with Gasteiger partial charge in [-0.3, -0.25) is 4.79 Å². The van der Waals surface area contributed by atoms with Crippen LogP contribution in [-0.4, -0.2) is 17.0 Å². The molecule has 0 fully saturated rings. The van der Waals surface area contributed by atoms with Crippen molar-refractivity contribution < 1.29 is 18.8 Å². The number of carbonyl (C=O) groups excluding carboxylic acids is 2. The van der Waals surface area contributed by atoms with Gasteiger partial charge in [0.15, 0.2) is 0 Å². The predicted octanol–water partition coefficient (Wildman–Crippen LogP) is 2.47. The molecule has 0 aliphatic heterocycles. The first-order chi connectivity index (χ1) is 9.47. The summed E-state index contributed by atoms with van der Waals surface area (Å²) in [6.45, 7) is 4.74. The normalized spacial score (nSPS) is 10.2. The van der Waals surface area contributed by atoms with Crippen LogP contribution in [0.1, 0.15) is 28.7 Å². The van der Waals surface area contributed by atoms with E-state index in [9.17, 15) is 9.59 Å². The molecule has 6 heteroatoms. The number of anilines is 1. The molecule has 1 heterocycles. The van der Waals surface area contributed by atoms with Gasteiger partial charge < -0.3 is 14.6 Å². The number of aryl methyl sites for hydroxylation is 2. The lowest BCUT2D eigenvalue weighted by atomic mass is 10.2. The van der Waals surface area contributed by atoms with Crippen LogP contribution in [0.2, 0.25) is 0 Å². The third-order valence-electron chi connectivity index (χ3n) is 2.62. The average molecular weight is 274 g/mol. The first-order valence-corrected chi connectivity index (χ1v) is 6.00. The summed E-state index contributed by atoms with van der Waals surface area (Å²) in [6, 6.07) is 6.50. The van der Waals surface area contributed by atoms with E-state index in [2.05, 4.69) is 10.5 Å². The van der Waals surface area contributed by atoms with E-state index < -0.39 is 5.97 Å². The van der Waals surface area contributed by atoms with E-state index in [0.29, 0.717) is 28.5 Å². The zero-order valence-corrected chi connectivity index (χ0v) is 11.4. The van der Waals surface area contributed by atoms with Crippen molar-refractivity contribution in [3.8, 4) is 5.75 Å². The summed E-state index contributed by atoms with van der Waals surface area (Å²) in [7, 11) is 0. The van der Waals surface area contributed by atoms with Gasteiger partial charge in [-0.1, -0.05) is 5.16 Å². The number of benzene rings is 1. The quantitative estimate of drug-likeness (QED) is 0.686. The van der Waals surface area contributed by atoms with Gasteiger partial charge in [0.1, 0.15) is 17.1 Å². The second-order valence-corrected chi connectivity index (χ2v) is 4.29. The fourth-order valence-electron chi connectivity index (χ4n) is 1.74. The summed E-state index contributed by atoms with van der Waals surface area (Å²) in [4.78, 5) is 22.9. The molecule has 6 nitrogen and oxygen atoms in total. The zero-order valence-electron chi connectivity index (χ0n) is 11.4. The molecular weight excluding hydrogens is 260 g/mol. The average Bonchev–Trinajstić information content (AvgIpc) is 2.71. The lowest BCUT2D eigenvalue weighted by molar-refractivity contribution is -0.114. The SMILES string of the molecule is CC(=O)Nc1ccc(OC(=O)c2c(C)noc2C)cc1. The molecule has 104 valence electrons. The Morgan fingerprint density at radius 1 is 1.20 bits per heavy atom. The molecule has 2 rings (SSSR count). The Morgan fingerprint density at radius 2 is 1.85 bits per heavy atom. The van der Waals surface area contributed by atoms with Crippen LogP contribution >= 0.6 is 0 Å². The van der Waals surface area contributed by atoms with E-state index in [1.807, 2.05) is 0 Å². The van der Waals surface area contributed by atoms with Crippen molar-refractivity contribution in [2.24, 2.45) is 0 Å². The Hall–Kier alpha value is -2.63. The topological polar surface area (TPSA) is 81.4 Å². The first kappa shape index (κ1) is 13.8. The standard InChI is InChI=1S/C14H14N2O4/c1-8-13(9(2)20-16-8)14(18)19-12-6-4-11(5-7-12)15-10(3)17/h4-7H,1-3H3,(H,15,17). The number of amides is 1. The van der Waals surface area contributed by atoms with Gasteiger partial charge in [0.05, 0.1) is 5.69 Å². The lowest BCUT2D eigenvalue weighted by Crippen LogP contribution is -2.10. The van der Waals surface area contributed by atoms with Crippen molar-refractivity contribution in [3.63, 3.8) is 0 Å². The molecule has 0 atom stereocenters. The van der Waals surface area contributed by atoms with Crippen LogP contribution in [0.3, 0.4) is 0 Å². The molecule has 0 spiro atoms. The number of ether oxygens (including phenoxy) is 1. The number of hydrogen-bond acceptors (Lipinski definition) is 5. The maximum absolute atomic E-state index is 12.0. The summed E-state index contributed by atoms with van der Waals surface area (Å²) in [5.74, 6) is 0.116. The van der Waals surface area contributed by atoms with E-state index in [0.717, 1.165) is 0 Å². The molecule has 1 aromatic carbocycles. The smallest absolute Gasteiger partial charge is 0.349 e. The van der Waals surface area contributed by atoms with Gasteiger partial charge in [0, 0.05) is 12.6 Å². The van der Waals surface area contributed by atoms with Gasteiger partial charge >= 0.3 is 5.97 Å². The Bertz CT molecular complexity index is 624. The predicted molar refractivity (Wildman–Crippen MR) is 71.7 cm³/mol. The zero-order chi connectivity index (χ0) is 14.7. The molecule has 0 aliphatic carbocycles. The number of nitrogens with one attached hydrogen (secondary N) is 1. The number of hydrogen-bond donors (Lipinski definition) is 1. The van der Waals surface area contributed by atoms with Crippen LogP contribution in [0, 0.1) is 13.8 Å². The number of carbonyl (C=O) groups is 2. The highest BCUT2D eigenvalue weighted by atomic mass is 16.5. The van der Waals surface area contributed by atoms with Gasteiger partial charge in [-0.05, 0) is 38.1 Å². The molecule has 0 radical (unpaired) electrons. The fraction of sp³-hybridized carbons (Fsp3) is 0.214. The summed E-state index contributed by atoms with van der Waals surface area (Å²) < 4.78 is 10.1. The summed E-state index contributed by atoms with van der Waals surface area (Å²) in [5, 5.41) is 6.33. The minimum Gasteiger partial charge on any atom is -0.423 e. The van der Waals surface area contributed by atoms with Crippen LogP contribution in [0.4, 0.5) is 5.69 Å². The minimum absolute atomic E-state index is 0.162. The van der Waals surface area contributed by atoms with Crippen LogP contribution in [0.15, 0.2) is 28.8 Å². The van der Waals surface area contributed by atoms with Crippen molar-refractivity contribution in [1.29, 1.82) is 0 Å². The highest BCUT2D eigenvalue weighted by Crippen LogP contribution is 2.19. The molecule has 1 N–H and O–H groups in total. The van der Waals surface area contributed by atoms with Crippen LogP contribution in [-0.2, 0) is 4.79 Å². The Morgan fingerprint density at radius 3 is 2.35 bits per heavy atom. The van der Waals surface area contributed by atoms with Gasteiger partial charge in [0.25, 0.3) is 0 Å². The third kappa shape index (κ3) is 3.03. The second-order valence-electron chi connectivity index (χ2n) is 4.29. The van der Waals surface area contributed by atoms with Crippen molar-refractivity contribution >= 4 is 17.6 Å². The van der Waals surface area contributed by atoms with Crippen LogP contribution in [0.5, 0.6) is 5.75 Å². The highest BCUT2D eigenvalue weighted by Gasteiger charge is 2.19. The number of nitrogens with zero attached hydrogens (tertiary/aromatic N) is 1. The van der Waals surface area contributed by atoms with E-state index in [-0.39, 0.29) is 5.91 Å². The van der Waals surface area contributed by atoms with Gasteiger partial charge in [-0.2, -0.15) is 0 Å². The molecule has 1 amide bonds. The van der Waals surface area contributed by atoms with Crippen molar-refractivity contribution in [1.82, 2.24) is 5.16 Å². The van der Waals surface area contributed by atoms with Crippen molar-refractivity contribution in [2.75, 3.05) is 5.32 Å². The number of aromatic nitrogens is 1. The molecule has 2 aromatic rings. The number of esters is 1. The molecule has 0 aliphatic rings. The largest absolute Gasteiger partial charge is 0.423 e. The molecule has 0 bridgehead atoms. The Labute approximate surface area is 115 Å². The van der Waals surface area contributed by atoms with E-state index in [4.69, 9.17) is 9.26 Å². The van der Waals surface area contributed by atoms with Gasteiger partial charge in [-0.15, -0.1) is 0 Å². The summed E-state index contributed by atoms with van der Waals surface area (Å²) >= 11 is 0. The van der Waals surface area contributed by atoms with E-state index in [1.165, 1.54) is 6.92 Å². The maximum atomic E-state index is 12.0. The molecule has 1 aromatic heterocycles. The molecular formula is C14H14N2O4. The minimum atomic E-state index is -0.520. The summed E-state index contributed by atoms with van der Waals surface area (Å²) in [5.41, 5.74) is 1.45. The Balaban J connectivity index is 2.10. The van der Waals surface area contributed by atoms with Crippen LogP contribution < -0.4 is 10.1 Å². The van der Waals surface area contributed by atoms with Gasteiger partial charge in [0.2, 0.25) is 5.91 Å². The Kier molecular flexibility index (Phi) is 3.84. The van der Waals surface area contributed by atoms with Gasteiger partial charge in [-0.25, -0.2) is 4.79 Å². The molecule has 0 saturated carbocycles. The highest BCUT2D eigenvalue weighted by molar-refractivity contribution is 5.93. The first-order valence-electron chi connectivity index (χ1n) is 6.00. The van der Waals surface area contributed by atoms with Crippen molar-refractivity contribution in [3.05, 3.63) is 41.3 Å². The maximum Gasteiger partial charge on any atom is 0.349 e. The van der Waals surface area contributed by atoms with Crippen LogP contribution in [0.25, 0.3) is 0 Å². The molecule has 0 saturated heterocycles. The lowest BCUT2D eigenvalue weighted by Gasteiger charge is -2.05. The van der Waals surface area contributed by atoms with E-state index >= 15 is 0 Å². The number of rotatable bonds is 3. The third-order valence-corrected chi connectivity index (χ3v) is 2.62. The molecule has 20 heavy (non-hydrogen) atoms. The summed E-state index contributed by atoms with van der Waals surface area (Å²) in [6.07, 6.45) is 0. The monoisotopic (exact) mass is 274 g/mol. The molecule has 0 unspecified atom stereocenters.